The summed E-state index contributed by atoms with van der Waals surface area (Å²) in [5.74, 6) is 0.0517. The Morgan fingerprint density at radius 1 is 1.24 bits per heavy atom. The number of nitrogens with one attached hydrogen (secondary N) is 1. The molecule has 0 aromatic heterocycles. The van der Waals surface area contributed by atoms with Crippen molar-refractivity contribution >= 4 is 17.5 Å². The maximum Gasteiger partial charge on any atom is 0.259 e. The van der Waals surface area contributed by atoms with Crippen molar-refractivity contribution < 1.29 is 9.53 Å². The SMILES string of the molecule is CC(C)[C@@](C)(C#N)NC(=O)COc1ccc(-c2ccccc2)cc1Cl. The molecule has 0 saturated heterocycles. The van der Waals surface area contributed by atoms with Crippen LogP contribution >= 0.6 is 11.6 Å². The molecule has 0 bridgehead atoms. The van der Waals surface area contributed by atoms with Crippen LogP contribution in [0, 0.1) is 17.2 Å². The van der Waals surface area contributed by atoms with Crippen molar-refractivity contribution in [3.63, 3.8) is 0 Å². The van der Waals surface area contributed by atoms with Crippen molar-refractivity contribution in [3.8, 4) is 22.9 Å². The average Bonchev–Trinajstić information content (AvgIpc) is 2.61. The lowest BCUT2D eigenvalue weighted by Gasteiger charge is -2.27. The Morgan fingerprint density at radius 2 is 1.92 bits per heavy atom. The topological polar surface area (TPSA) is 62.1 Å². The van der Waals surface area contributed by atoms with Gasteiger partial charge in [0.05, 0.1) is 11.1 Å². The second kappa shape index (κ2) is 8.04. The summed E-state index contributed by atoms with van der Waals surface area (Å²) in [5, 5.41) is 12.4. The molecule has 0 saturated carbocycles. The van der Waals surface area contributed by atoms with Crippen LogP contribution in [0.4, 0.5) is 0 Å². The van der Waals surface area contributed by atoms with Crippen molar-refractivity contribution in [2.45, 2.75) is 26.3 Å². The van der Waals surface area contributed by atoms with Gasteiger partial charge >= 0.3 is 0 Å². The van der Waals surface area contributed by atoms with E-state index in [-0.39, 0.29) is 18.4 Å². The van der Waals surface area contributed by atoms with E-state index in [1.165, 1.54) is 0 Å². The first-order valence-corrected chi connectivity index (χ1v) is 8.43. The summed E-state index contributed by atoms with van der Waals surface area (Å²) in [4.78, 5) is 12.1. The number of ether oxygens (including phenoxy) is 1. The first kappa shape index (κ1) is 18.8. The average molecular weight is 357 g/mol. The van der Waals surface area contributed by atoms with Gasteiger partial charge in [-0.1, -0.05) is 61.8 Å². The van der Waals surface area contributed by atoms with Gasteiger partial charge in [-0.2, -0.15) is 5.26 Å². The van der Waals surface area contributed by atoms with Gasteiger partial charge in [0.15, 0.2) is 6.61 Å². The van der Waals surface area contributed by atoms with Gasteiger partial charge in [0.2, 0.25) is 0 Å². The molecule has 25 heavy (non-hydrogen) atoms. The van der Waals surface area contributed by atoms with E-state index in [1.807, 2.05) is 50.2 Å². The Kier molecular flexibility index (Phi) is 6.06. The lowest BCUT2D eigenvalue weighted by Crippen LogP contribution is -2.50. The molecule has 1 N–H and O–H groups in total. The van der Waals surface area contributed by atoms with Crippen molar-refractivity contribution in [1.82, 2.24) is 5.32 Å². The van der Waals surface area contributed by atoms with E-state index >= 15 is 0 Å². The molecule has 0 aliphatic heterocycles. The predicted molar refractivity (Wildman–Crippen MR) is 99.4 cm³/mol. The van der Waals surface area contributed by atoms with Crippen molar-refractivity contribution in [2.75, 3.05) is 6.61 Å². The number of nitriles is 1. The number of hydrogen-bond donors (Lipinski definition) is 1. The Labute approximate surface area is 153 Å². The largest absolute Gasteiger partial charge is 0.482 e. The highest BCUT2D eigenvalue weighted by Gasteiger charge is 2.30. The molecule has 0 fully saturated rings. The highest BCUT2D eigenvalue weighted by atomic mass is 35.5. The number of amides is 1. The molecule has 1 amide bonds. The minimum atomic E-state index is -0.929. The molecule has 0 aliphatic rings. The zero-order valence-corrected chi connectivity index (χ0v) is 15.3. The normalized spacial score (nSPS) is 13.0. The molecule has 0 unspecified atom stereocenters. The smallest absolute Gasteiger partial charge is 0.259 e. The summed E-state index contributed by atoms with van der Waals surface area (Å²) in [6, 6.07) is 17.4. The number of hydrogen-bond acceptors (Lipinski definition) is 3. The number of carbonyl (C=O) groups excluding carboxylic acids is 1. The minimum Gasteiger partial charge on any atom is -0.482 e. The number of benzene rings is 2. The van der Waals surface area contributed by atoms with Gasteiger partial charge in [0.25, 0.3) is 5.91 Å². The molecule has 2 aromatic rings. The maximum absolute atomic E-state index is 12.1. The Bertz CT molecular complexity index is 784. The van der Waals surface area contributed by atoms with Gasteiger partial charge in [0, 0.05) is 0 Å². The van der Waals surface area contributed by atoms with Crippen molar-refractivity contribution in [2.24, 2.45) is 5.92 Å². The number of halogens is 1. The van der Waals surface area contributed by atoms with Gasteiger partial charge in [0.1, 0.15) is 11.3 Å². The molecule has 0 radical (unpaired) electrons. The van der Waals surface area contributed by atoms with E-state index in [1.54, 1.807) is 19.1 Å². The fraction of sp³-hybridized carbons (Fsp3) is 0.300. The lowest BCUT2D eigenvalue weighted by atomic mass is 9.90. The number of carbonyl (C=O) groups is 1. The summed E-state index contributed by atoms with van der Waals surface area (Å²) in [7, 11) is 0. The van der Waals surface area contributed by atoms with Gasteiger partial charge in [-0.3, -0.25) is 4.79 Å². The molecule has 0 heterocycles. The Morgan fingerprint density at radius 3 is 2.48 bits per heavy atom. The van der Waals surface area contributed by atoms with Crippen molar-refractivity contribution in [1.29, 1.82) is 5.26 Å². The molecule has 1 atom stereocenters. The van der Waals surface area contributed by atoms with Crippen LogP contribution in [0.2, 0.25) is 5.02 Å². The fourth-order valence-corrected chi connectivity index (χ4v) is 2.43. The number of nitrogens with zero attached hydrogens (tertiary/aromatic N) is 1. The lowest BCUT2D eigenvalue weighted by molar-refractivity contribution is -0.124. The van der Waals surface area contributed by atoms with Crippen molar-refractivity contribution in [3.05, 3.63) is 53.6 Å². The fourth-order valence-electron chi connectivity index (χ4n) is 2.20. The summed E-state index contributed by atoms with van der Waals surface area (Å²) >= 11 is 6.26. The molecule has 4 nitrogen and oxygen atoms in total. The first-order chi connectivity index (χ1) is 11.9. The van der Waals surface area contributed by atoms with E-state index in [9.17, 15) is 10.1 Å². The number of rotatable bonds is 6. The van der Waals surface area contributed by atoms with Crippen LogP contribution in [0.1, 0.15) is 20.8 Å². The predicted octanol–water partition coefficient (Wildman–Crippen LogP) is 4.44. The zero-order chi connectivity index (χ0) is 18.4. The van der Waals surface area contributed by atoms with Gasteiger partial charge in [-0.25, -0.2) is 0 Å². The van der Waals surface area contributed by atoms with E-state index in [4.69, 9.17) is 16.3 Å². The van der Waals surface area contributed by atoms with E-state index in [2.05, 4.69) is 11.4 Å². The van der Waals surface area contributed by atoms with Crippen LogP contribution in [0.25, 0.3) is 11.1 Å². The summed E-state index contributed by atoms with van der Waals surface area (Å²) in [6.07, 6.45) is 0. The van der Waals surface area contributed by atoms with E-state index < -0.39 is 5.54 Å². The first-order valence-electron chi connectivity index (χ1n) is 8.06. The third kappa shape index (κ3) is 4.74. The third-order valence-corrected chi connectivity index (χ3v) is 4.48. The van der Waals surface area contributed by atoms with Crippen LogP contribution in [0.15, 0.2) is 48.5 Å². The highest BCUT2D eigenvalue weighted by molar-refractivity contribution is 6.32. The molecule has 2 rings (SSSR count). The van der Waals surface area contributed by atoms with Gasteiger partial charge in [-0.15, -0.1) is 0 Å². The minimum absolute atomic E-state index is 0.0183. The Balaban J connectivity index is 2.02. The second-order valence-corrected chi connectivity index (χ2v) is 6.72. The van der Waals surface area contributed by atoms with Crippen LogP contribution in [-0.4, -0.2) is 18.1 Å². The molecule has 0 aliphatic carbocycles. The molecule has 130 valence electrons. The Hall–Kier alpha value is -2.51. The summed E-state index contributed by atoms with van der Waals surface area (Å²) < 4.78 is 5.51. The van der Waals surface area contributed by atoms with Gasteiger partial charge < -0.3 is 10.1 Å². The van der Waals surface area contributed by atoms with Crippen LogP contribution < -0.4 is 10.1 Å². The molecule has 0 spiro atoms. The monoisotopic (exact) mass is 356 g/mol. The standard InChI is InChI=1S/C20H21ClN2O2/c1-14(2)20(3,13-22)23-19(24)12-25-18-10-9-16(11-17(18)21)15-7-5-4-6-8-15/h4-11,14H,12H2,1-3H3,(H,23,24)/t20-/m1/s1. The summed E-state index contributed by atoms with van der Waals surface area (Å²) in [5.41, 5.74) is 1.09. The third-order valence-electron chi connectivity index (χ3n) is 4.18. The van der Waals surface area contributed by atoms with Crippen LogP contribution in [0.3, 0.4) is 0 Å². The van der Waals surface area contributed by atoms with Gasteiger partial charge in [-0.05, 0) is 36.1 Å². The second-order valence-electron chi connectivity index (χ2n) is 6.32. The molecular formula is C20H21ClN2O2. The molecular weight excluding hydrogens is 336 g/mol. The van der Waals surface area contributed by atoms with E-state index in [0.29, 0.717) is 10.8 Å². The zero-order valence-electron chi connectivity index (χ0n) is 14.5. The van der Waals surface area contributed by atoms with E-state index in [0.717, 1.165) is 11.1 Å². The highest BCUT2D eigenvalue weighted by Crippen LogP contribution is 2.30. The summed E-state index contributed by atoms with van der Waals surface area (Å²) in [6.45, 7) is 5.25. The molecule has 5 heteroatoms. The quantitative estimate of drug-likeness (QED) is 0.832. The molecule has 2 aromatic carbocycles. The van der Waals surface area contributed by atoms with Crippen LogP contribution in [0.5, 0.6) is 5.75 Å². The maximum atomic E-state index is 12.1. The van der Waals surface area contributed by atoms with Crippen LogP contribution in [-0.2, 0) is 4.79 Å².